The van der Waals surface area contributed by atoms with Crippen LogP contribution in [0.15, 0.2) is 60.8 Å². The summed E-state index contributed by atoms with van der Waals surface area (Å²) < 4.78 is 11.4. The van der Waals surface area contributed by atoms with Crippen molar-refractivity contribution in [2.24, 2.45) is 5.73 Å². The number of ketones is 1. The molecule has 6 nitrogen and oxygen atoms in total. The molecule has 4 rings (SSSR count). The molecule has 0 radical (unpaired) electrons. The number of fused-ring (bicyclic) bond motifs is 1. The molecular weight excluding hydrogens is 356 g/mol. The average Bonchev–Trinajstić information content (AvgIpc) is 2.68. The first-order chi connectivity index (χ1) is 13.6. The van der Waals surface area contributed by atoms with Gasteiger partial charge in [-0.2, -0.15) is 0 Å². The van der Waals surface area contributed by atoms with Crippen LogP contribution in [0.4, 0.5) is 0 Å². The Morgan fingerprint density at radius 2 is 1.96 bits per heavy atom. The molecule has 0 saturated heterocycles. The number of primary amides is 1. The fourth-order valence-electron chi connectivity index (χ4n) is 3.11. The first kappa shape index (κ1) is 17.7. The van der Waals surface area contributed by atoms with E-state index in [-0.39, 0.29) is 5.78 Å². The maximum absolute atomic E-state index is 11.9. The molecule has 1 aliphatic heterocycles. The van der Waals surface area contributed by atoms with Crippen molar-refractivity contribution in [2.45, 2.75) is 12.8 Å². The second kappa shape index (κ2) is 7.52. The van der Waals surface area contributed by atoms with Crippen molar-refractivity contribution in [1.29, 1.82) is 0 Å². The molecule has 3 aromatic rings. The smallest absolute Gasteiger partial charge is 0.248 e. The number of Topliss-reactive ketones (excluding diaryl/α,β-unsaturated/α-hetero) is 1. The second-order valence-corrected chi connectivity index (χ2v) is 6.53. The van der Waals surface area contributed by atoms with E-state index in [9.17, 15) is 9.59 Å². The Balaban J connectivity index is 1.52. The lowest BCUT2D eigenvalue weighted by molar-refractivity contribution is 0.0932. The van der Waals surface area contributed by atoms with Crippen molar-refractivity contribution in [2.75, 3.05) is 6.61 Å². The number of carbonyl (C=O) groups is 2. The zero-order valence-corrected chi connectivity index (χ0v) is 15.1. The van der Waals surface area contributed by atoms with Gasteiger partial charge in [0.1, 0.15) is 11.5 Å². The van der Waals surface area contributed by atoms with Gasteiger partial charge in [0.05, 0.1) is 12.2 Å². The zero-order valence-electron chi connectivity index (χ0n) is 15.1. The number of nitrogens with two attached hydrogens (primary N) is 1. The fraction of sp³-hybridized carbons (Fsp3) is 0.136. The Kier molecular flexibility index (Phi) is 4.76. The molecule has 2 heterocycles. The van der Waals surface area contributed by atoms with Crippen LogP contribution < -0.4 is 15.2 Å². The molecule has 2 N–H and O–H groups in total. The van der Waals surface area contributed by atoms with Gasteiger partial charge in [0.25, 0.3) is 0 Å². The minimum absolute atomic E-state index is 0.0751. The van der Waals surface area contributed by atoms with E-state index >= 15 is 0 Å². The zero-order chi connectivity index (χ0) is 19.5. The van der Waals surface area contributed by atoms with Crippen molar-refractivity contribution in [3.05, 3.63) is 83.0 Å². The molecule has 0 atom stereocenters. The lowest BCUT2D eigenvalue weighted by Crippen LogP contribution is -2.15. The number of rotatable bonds is 5. The lowest BCUT2D eigenvalue weighted by atomic mass is 10.0. The van der Waals surface area contributed by atoms with E-state index in [0.717, 1.165) is 11.1 Å². The minimum atomic E-state index is -0.450. The highest BCUT2D eigenvalue weighted by Crippen LogP contribution is 2.31. The first-order valence-electron chi connectivity index (χ1n) is 8.90. The van der Waals surface area contributed by atoms with Gasteiger partial charge in [-0.3, -0.25) is 9.59 Å². The van der Waals surface area contributed by atoms with Gasteiger partial charge in [0.15, 0.2) is 5.78 Å². The molecule has 0 saturated carbocycles. The summed E-state index contributed by atoms with van der Waals surface area (Å²) >= 11 is 0. The largest absolute Gasteiger partial charge is 0.492 e. The highest BCUT2D eigenvalue weighted by Gasteiger charge is 2.19. The number of nitrogens with zero attached hydrogens (tertiary/aromatic N) is 1. The molecule has 1 amide bonds. The SMILES string of the molecule is NC(=O)c1cccc(Cc2ccnc(Oc3ccc4c(c3)OCCC4=O)c2)c1. The summed E-state index contributed by atoms with van der Waals surface area (Å²) in [5, 5.41) is 0. The van der Waals surface area contributed by atoms with Crippen molar-refractivity contribution in [1.82, 2.24) is 4.98 Å². The maximum Gasteiger partial charge on any atom is 0.248 e. The molecule has 0 spiro atoms. The number of ether oxygens (including phenoxy) is 2. The first-order valence-corrected chi connectivity index (χ1v) is 8.90. The van der Waals surface area contributed by atoms with Crippen molar-refractivity contribution in [3.8, 4) is 17.4 Å². The molecule has 6 heteroatoms. The fourth-order valence-corrected chi connectivity index (χ4v) is 3.11. The van der Waals surface area contributed by atoms with Gasteiger partial charge in [-0.05, 0) is 47.9 Å². The highest BCUT2D eigenvalue weighted by molar-refractivity contribution is 5.99. The number of aromatic nitrogens is 1. The molecule has 0 unspecified atom stereocenters. The van der Waals surface area contributed by atoms with Crippen LogP contribution >= 0.6 is 0 Å². The Morgan fingerprint density at radius 3 is 2.82 bits per heavy atom. The quantitative estimate of drug-likeness (QED) is 0.738. The van der Waals surface area contributed by atoms with Gasteiger partial charge < -0.3 is 15.2 Å². The molecule has 140 valence electrons. The molecule has 28 heavy (non-hydrogen) atoms. The number of hydrogen-bond acceptors (Lipinski definition) is 5. The topological polar surface area (TPSA) is 91.5 Å². The van der Waals surface area contributed by atoms with Gasteiger partial charge in [-0.25, -0.2) is 4.98 Å². The van der Waals surface area contributed by atoms with Crippen LogP contribution in [0.3, 0.4) is 0 Å². The van der Waals surface area contributed by atoms with Gasteiger partial charge >= 0.3 is 0 Å². The van der Waals surface area contributed by atoms with Crippen LogP contribution in [0.5, 0.6) is 17.4 Å². The summed E-state index contributed by atoms with van der Waals surface area (Å²) in [6.07, 6.45) is 2.68. The van der Waals surface area contributed by atoms with E-state index in [1.807, 2.05) is 24.3 Å². The normalized spacial score (nSPS) is 12.8. The van der Waals surface area contributed by atoms with E-state index < -0.39 is 5.91 Å². The number of carbonyl (C=O) groups excluding carboxylic acids is 2. The summed E-state index contributed by atoms with van der Waals surface area (Å²) in [6, 6.07) is 16.1. The van der Waals surface area contributed by atoms with Crippen molar-refractivity contribution >= 4 is 11.7 Å². The molecule has 0 bridgehead atoms. The number of amides is 1. The molecule has 2 aromatic carbocycles. The summed E-state index contributed by atoms with van der Waals surface area (Å²) in [7, 11) is 0. The monoisotopic (exact) mass is 374 g/mol. The molecule has 0 aliphatic carbocycles. The highest BCUT2D eigenvalue weighted by atomic mass is 16.5. The Hall–Kier alpha value is -3.67. The lowest BCUT2D eigenvalue weighted by Gasteiger charge is -2.17. The van der Waals surface area contributed by atoms with Crippen LogP contribution in [0.1, 0.15) is 38.3 Å². The summed E-state index contributed by atoms with van der Waals surface area (Å²) in [4.78, 5) is 27.5. The van der Waals surface area contributed by atoms with Crippen molar-refractivity contribution < 1.29 is 19.1 Å². The summed E-state index contributed by atoms with van der Waals surface area (Å²) in [5.41, 5.74) is 8.35. The van der Waals surface area contributed by atoms with Gasteiger partial charge in [-0.1, -0.05) is 12.1 Å². The minimum Gasteiger partial charge on any atom is -0.492 e. The average molecular weight is 374 g/mol. The van der Waals surface area contributed by atoms with E-state index in [1.165, 1.54) is 0 Å². The van der Waals surface area contributed by atoms with Gasteiger partial charge in [0.2, 0.25) is 11.8 Å². The third-order valence-corrected chi connectivity index (χ3v) is 4.48. The van der Waals surface area contributed by atoms with E-state index in [0.29, 0.717) is 48.0 Å². The van der Waals surface area contributed by atoms with Crippen molar-refractivity contribution in [3.63, 3.8) is 0 Å². The third kappa shape index (κ3) is 3.86. The molecular formula is C22H18N2O4. The third-order valence-electron chi connectivity index (χ3n) is 4.48. The molecule has 0 fully saturated rings. The van der Waals surface area contributed by atoms with Crippen LogP contribution in [-0.4, -0.2) is 23.3 Å². The van der Waals surface area contributed by atoms with E-state index in [2.05, 4.69) is 4.98 Å². The van der Waals surface area contributed by atoms with Gasteiger partial charge in [-0.15, -0.1) is 0 Å². The van der Waals surface area contributed by atoms with Gasteiger partial charge in [0, 0.05) is 30.3 Å². The predicted molar refractivity (Wildman–Crippen MR) is 103 cm³/mol. The van der Waals surface area contributed by atoms with E-state index in [1.54, 1.807) is 36.5 Å². The Labute approximate surface area is 161 Å². The predicted octanol–water partition coefficient (Wildman–Crippen LogP) is 3.53. The molecule has 1 aliphatic rings. The van der Waals surface area contributed by atoms with E-state index in [4.69, 9.17) is 15.2 Å². The van der Waals surface area contributed by atoms with Crippen LogP contribution in [0.25, 0.3) is 0 Å². The van der Waals surface area contributed by atoms with Crippen LogP contribution in [0, 0.1) is 0 Å². The number of benzene rings is 2. The standard InChI is InChI=1S/C22H18N2O4/c23-22(26)16-3-1-2-14(11-16)10-15-6-8-24-21(12-15)28-17-4-5-18-19(25)7-9-27-20(18)13-17/h1-6,8,11-13H,7,9-10H2,(H2,23,26). The van der Waals surface area contributed by atoms with Crippen LogP contribution in [0.2, 0.25) is 0 Å². The number of pyridine rings is 1. The maximum atomic E-state index is 11.9. The second-order valence-electron chi connectivity index (χ2n) is 6.53. The summed E-state index contributed by atoms with van der Waals surface area (Å²) in [5.74, 6) is 1.15. The van der Waals surface area contributed by atoms with Crippen LogP contribution in [-0.2, 0) is 6.42 Å². The number of hydrogen-bond donors (Lipinski definition) is 1. The molecule has 1 aromatic heterocycles. The Bertz CT molecular complexity index is 1060. The Morgan fingerprint density at radius 1 is 1.11 bits per heavy atom. The summed E-state index contributed by atoms with van der Waals surface area (Å²) in [6.45, 7) is 0.382.